The molecule has 0 bridgehead atoms. The second-order valence-electron chi connectivity index (χ2n) is 6.80. The molecule has 3 rings (SSSR count). The van der Waals surface area contributed by atoms with Crippen molar-refractivity contribution in [1.29, 1.82) is 0 Å². The van der Waals surface area contributed by atoms with Crippen LogP contribution < -0.4 is 10.6 Å². The van der Waals surface area contributed by atoms with Gasteiger partial charge in [-0.3, -0.25) is 4.79 Å². The SMILES string of the molecule is Cc1sc2ncnc(NC(C)C(=O)NC(c3cccs3)C(C)C)c2c1C. The second-order valence-corrected chi connectivity index (χ2v) is 8.98. The maximum Gasteiger partial charge on any atom is 0.242 e. The van der Waals surface area contributed by atoms with Gasteiger partial charge in [0.2, 0.25) is 5.91 Å². The van der Waals surface area contributed by atoms with Crippen LogP contribution in [0.2, 0.25) is 0 Å². The van der Waals surface area contributed by atoms with Crippen molar-refractivity contribution in [2.45, 2.75) is 46.7 Å². The number of nitrogens with one attached hydrogen (secondary N) is 2. The van der Waals surface area contributed by atoms with Crippen LogP contribution in [0.15, 0.2) is 23.8 Å². The van der Waals surface area contributed by atoms with E-state index in [9.17, 15) is 4.79 Å². The lowest BCUT2D eigenvalue weighted by molar-refractivity contribution is -0.122. The summed E-state index contributed by atoms with van der Waals surface area (Å²) in [6.07, 6.45) is 1.55. The van der Waals surface area contributed by atoms with Gasteiger partial charge in [-0.2, -0.15) is 0 Å². The Kier molecular flexibility index (Phi) is 5.58. The summed E-state index contributed by atoms with van der Waals surface area (Å²) in [4.78, 5) is 24.8. The molecule has 7 heteroatoms. The summed E-state index contributed by atoms with van der Waals surface area (Å²) in [7, 11) is 0. The van der Waals surface area contributed by atoms with Crippen LogP contribution in [0.4, 0.5) is 5.82 Å². The Morgan fingerprint density at radius 3 is 2.62 bits per heavy atom. The number of thiophene rings is 2. The Morgan fingerprint density at radius 1 is 1.19 bits per heavy atom. The van der Waals surface area contributed by atoms with E-state index in [1.807, 2.05) is 18.4 Å². The Hall–Kier alpha value is -1.99. The molecule has 0 radical (unpaired) electrons. The Labute approximate surface area is 161 Å². The number of carbonyl (C=O) groups excluding carboxylic acids is 1. The molecule has 2 atom stereocenters. The van der Waals surface area contributed by atoms with Gasteiger partial charge < -0.3 is 10.6 Å². The molecule has 0 aliphatic heterocycles. The lowest BCUT2D eigenvalue weighted by atomic mass is 10.0. The van der Waals surface area contributed by atoms with Gasteiger partial charge in [0.25, 0.3) is 0 Å². The fourth-order valence-corrected chi connectivity index (χ4v) is 4.82. The number of carbonyl (C=O) groups is 1. The molecule has 0 fully saturated rings. The molecule has 0 aromatic carbocycles. The number of nitrogens with zero attached hydrogens (tertiary/aromatic N) is 2. The molecular formula is C19H24N4OS2. The van der Waals surface area contributed by atoms with Crippen LogP contribution in [-0.2, 0) is 4.79 Å². The van der Waals surface area contributed by atoms with E-state index < -0.39 is 6.04 Å². The van der Waals surface area contributed by atoms with Crippen molar-refractivity contribution >= 4 is 44.6 Å². The molecule has 0 aliphatic carbocycles. The summed E-state index contributed by atoms with van der Waals surface area (Å²) in [6.45, 7) is 10.3. The lowest BCUT2D eigenvalue weighted by Crippen LogP contribution is -2.41. The molecule has 3 heterocycles. The minimum Gasteiger partial charge on any atom is -0.358 e. The highest BCUT2D eigenvalue weighted by Gasteiger charge is 2.23. The maximum atomic E-state index is 12.8. The molecule has 2 unspecified atom stereocenters. The van der Waals surface area contributed by atoms with Crippen LogP contribution in [-0.4, -0.2) is 21.9 Å². The molecule has 0 spiro atoms. The number of rotatable bonds is 6. The number of aromatic nitrogens is 2. The number of hydrogen-bond donors (Lipinski definition) is 2. The van der Waals surface area contributed by atoms with Gasteiger partial charge in [0.15, 0.2) is 0 Å². The highest BCUT2D eigenvalue weighted by Crippen LogP contribution is 2.33. The average Bonchev–Trinajstić information content (AvgIpc) is 3.21. The average molecular weight is 389 g/mol. The van der Waals surface area contributed by atoms with Gasteiger partial charge in [0.05, 0.1) is 11.4 Å². The Balaban J connectivity index is 1.77. The maximum absolute atomic E-state index is 12.8. The van der Waals surface area contributed by atoms with Crippen molar-refractivity contribution < 1.29 is 4.79 Å². The van der Waals surface area contributed by atoms with Gasteiger partial charge >= 0.3 is 0 Å². The third-order valence-corrected chi connectivity index (χ3v) is 6.60. The van der Waals surface area contributed by atoms with Crippen LogP contribution in [0.25, 0.3) is 10.2 Å². The number of fused-ring (bicyclic) bond motifs is 1. The van der Waals surface area contributed by atoms with Gasteiger partial charge in [0, 0.05) is 9.75 Å². The van der Waals surface area contributed by atoms with Crippen molar-refractivity contribution in [3.63, 3.8) is 0 Å². The van der Waals surface area contributed by atoms with Crippen molar-refractivity contribution in [2.75, 3.05) is 5.32 Å². The smallest absolute Gasteiger partial charge is 0.242 e. The summed E-state index contributed by atoms with van der Waals surface area (Å²) in [5.41, 5.74) is 1.17. The van der Waals surface area contributed by atoms with Gasteiger partial charge in [-0.05, 0) is 43.7 Å². The van der Waals surface area contributed by atoms with E-state index in [-0.39, 0.29) is 11.9 Å². The highest BCUT2D eigenvalue weighted by molar-refractivity contribution is 7.18. The van der Waals surface area contributed by atoms with Crippen LogP contribution >= 0.6 is 22.7 Å². The summed E-state index contributed by atoms with van der Waals surface area (Å²) in [5.74, 6) is 1.00. The molecular weight excluding hydrogens is 364 g/mol. The molecule has 0 saturated heterocycles. The quantitative estimate of drug-likeness (QED) is 0.643. The van der Waals surface area contributed by atoms with Gasteiger partial charge in [-0.25, -0.2) is 9.97 Å². The predicted molar refractivity (Wildman–Crippen MR) is 110 cm³/mol. The van der Waals surface area contributed by atoms with Gasteiger partial charge in [-0.1, -0.05) is 19.9 Å². The van der Waals surface area contributed by atoms with E-state index in [0.29, 0.717) is 5.92 Å². The number of anilines is 1. The summed E-state index contributed by atoms with van der Waals surface area (Å²) in [6, 6.07) is 3.71. The highest BCUT2D eigenvalue weighted by atomic mass is 32.1. The zero-order chi connectivity index (χ0) is 18.8. The fourth-order valence-electron chi connectivity index (χ4n) is 2.88. The summed E-state index contributed by atoms with van der Waals surface area (Å²) < 4.78 is 0. The minimum absolute atomic E-state index is 0.0160. The van der Waals surface area contributed by atoms with Crippen molar-refractivity contribution in [3.8, 4) is 0 Å². The zero-order valence-electron chi connectivity index (χ0n) is 15.7. The molecule has 3 aromatic rings. The van der Waals surface area contributed by atoms with E-state index in [0.717, 1.165) is 16.0 Å². The molecule has 138 valence electrons. The van der Waals surface area contributed by atoms with Gasteiger partial charge in [0.1, 0.15) is 23.0 Å². The molecule has 0 aliphatic rings. The molecule has 3 aromatic heterocycles. The zero-order valence-corrected chi connectivity index (χ0v) is 17.3. The first-order valence-electron chi connectivity index (χ1n) is 8.69. The third-order valence-electron chi connectivity index (χ3n) is 4.53. The van der Waals surface area contributed by atoms with Crippen LogP contribution in [0.5, 0.6) is 0 Å². The third kappa shape index (κ3) is 3.73. The first kappa shape index (κ1) is 18.8. The summed E-state index contributed by atoms with van der Waals surface area (Å²) in [5, 5.41) is 9.50. The van der Waals surface area contributed by atoms with Crippen LogP contribution in [0.3, 0.4) is 0 Å². The topological polar surface area (TPSA) is 66.9 Å². The van der Waals surface area contributed by atoms with Crippen molar-refractivity contribution in [1.82, 2.24) is 15.3 Å². The largest absolute Gasteiger partial charge is 0.358 e. The molecule has 5 nitrogen and oxygen atoms in total. The molecule has 0 saturated carbocycles. The van der Waals surface area contributed by atoms with Crippen LogP contribution in [0, 0.1) is 19.8 Å². The van der Waals surface area contributed by atoms with E-state index in [1.54, 1.807) is 29.0 Å². The monoisotopic (exact) mass is 388 g/mol. The van der Waals surface area contributed by atoms with Crippen molar-refractivity contribution in [2.24, 2.45) is 5.92 Å². The van der Waals surface area contributed by atoms with E-state index in [2.05, 4.69) is 54.4 Å². The molecule has 26 heavy (non-hydrogen) atoms. The number of amides is 1. The van der Waals surface area contributed by atoms with E-state index in [4.69, 9.17) is 0 Å². The van der Waals surface area contributed by atoms with Gasteiger partial charge in [-0.15, -0.1) is 22.7 Å². The Morgan fingerprint density at radius 2 is 1.96 bits per heavy atom. The first-order chi connectivity index (χ1) is 12.4. The predicted octanol–water partition coefficient (Wildman–Crippen LogP) is 4.68. The van der Waals surface area contributed by atoms with Crippen molar-refractivity contribution in [3.05, 3.63) is 39.2 Å². The second kappa shape index (κ2) is 7.72. The van der Waals surface area contributed by atoms with E-state index in [1.165, 1.54) is 15.3 Å². The fraction of sp³-hybridized carbons (Fsp3) is 0.421. The first-order valence-corrected chi connectivity index (χ1v) is 10.4. The normalized spacial score (nSPS) is 13.8. The standard InChI is InChI=1S/C19H24N4OS2/c1-10(2)16(14-7-6-8-25-14)23-18(24)12(4)22-17-15-11(3)13(5)26-19(15)21-9-20-17/h6-10,12,16H,1-5H3,(H,23,24)(H,20,21,22). The number of hydrogen-bond acceptors (Lipinski definition) is 6. The molecule has 2 N–H and O–H groups in total. The molecule has 1 amide bonds. The minimum atomic E-state index is -0.395. The Bertz CT molecular complexity index is 902. The van der Waals surface area contributed by atoms with E-state index >= 15 is 0 Å². The van der Waals surface area contributed by atoms with Crippen LogP contribution in [0.1, 0.15) is 42.1 Å². The lowest BCUT2D eigenvalue weighted by Gasteiger charge is -2.24. The number of aryl methyl sites for hydroxylation is 2. The summed E-state index contributed by atoms with van der Waals surface area (Å²) >= 11 is 3.32.